The van der Waals surface area contributed by atoms with Gasteiger partial charge in [-0.3, -0.25) is 4.79 Å². The van der Waals surface area contributed by atoms with Gasteiger partial charge in [0.2, 0.25) is 0 Å². The lowest BCUT2D eigenvalue weighted by Crippen LogP contribution is -2.02. The highest BCUT2D eigenvalue weighted by molar-refractivity contribution is 9.09. The molecule has 2 nitrogen and oxygen atoms in total. The molecule has 1 unspecified atom stereocenters. The Hall–Kier alpha value is -0.540. The molecule has 0 saturated carbocycles. The number of carbonyl (C=O) groups excluding carboxylic acids is 1. The SMILES string of the molecule is CC(=O)C(Br)c1cccc(N)c1Cl. The van der Waals surface area contributed by atoms with Gasteiger partial charge in [0, 0.05) is 0 Å². The molecular formula is C9H9BrClNO. The molecule has 2 N–H and O–H groups in total. The van der Waals surface area contributed by atoms with Crippen molar-refractivity contribution in [2.24, 2.45) is 0 Å². The number of carbonyl (C=O) groups is 1. The van der Waals surface area contributed by atoms with Crippen LogP contribution in [0.5, 0.6) is 0 Å². The molecule has 70 valence electrons. The summed E-state index contributed by atoms with van der Waals surface area (Å²) in [4.78, 5) is 10.7. The van der Waals surface area contributed by atoms with Crippen LogP contribution in [0.25, 0.3) is 0 Å². The molecule has 0 aliphatic rings. The fourth-order valence-corrected chi connectivity index (χ4v) is 1.73. The van der Waals surface area contributed by atoms with Gasteiger partial charge in [-0.05, 0) is 18.6 Å². The van der Waals surface area contributed by atoms with E-state index in [4.69, 9.17) is 17.3 Å². The summed E-state index contributed by atoms with van der Waals surface area (Å²) in [5, 5.41) is 0.444. The number of nitrogen functional groups attached to an aromatic ring is 1. The molecule has 1 aromatic rings. The Morgan fingerprint density at radius 3 is 2.77 bits per heavy atom. The minimum absolute atomic E-state index is 0.00694. The van der Waals surface area contributed by atoms with Crippen LogP contribution in [0.15, 0.2) is 18.2 Å². The Balaban J connectivity index is 3.15. The average molecular weight is 263 g/mol. The standard InChI is InChI=1S/C9H9BrClNO/c1-5(13)8(10)6-3-2-4-7(12)9(6)11/h2-4,8H,12H2,1H3. The van der Waals surface area contributed by atoms with Crippen molar-refractivity contribution >= 4 is 39.0 Å². The molecule has 1 aromatic carbocycles. The molecule has 0 radical (unpaired) electrons. The maximum Gasteiger partial charge on any atom is 0.147 e. The van der Waals surface area contributed by atoms with Gasteiger partial charge in [0.05, 0.1) is 15.5 Å². The smallest absolute Gasteiger partial charge is 0.147 e. The van der Waals surface area contributed by atoms with Crippen molar-refractivity contribution in [2.45, 2.75) is 11.8 Å². The molecule has 0 aliphatic heterocycles. The topological polar surface area (TPSA) is 43.1 Å². The van der Waals surface area contributed by atoms with Crippen molar-refractivity contribution in [3.05, 3.63) is 28.8 Å². The lowest BCUT2D eigenvalue weighted by Gasteiger charge is -2.09. The van der Waals surface area contributed by atoms with E-state index in [1.165, 1.54) is 6.92 Å². The van der Waals surface area contributed by atoms with Crippen LogP contribution >= 0.6 is 27.5 Å². The molecule has 0 heterocycles. The van der Waals surface area contributed by atoms with E-state index >= 15 is 0 Å². The number of rotatable bonds is 2. The normalized spacial score (nSPS) is 12.5. The van der Waals surface area contributed by atoms with Crippen molar-refractivity contribution in [2.75, 3.05) is 5.73 Å². The molecule has 0 aromatic heterocycles. The molecule has 1 rings (SSSR count). The Bertz CT molecular complexity index is 340. The predicted octanol–water partition coefficient (Wildman–Crippen LogP) is 2.95. The van der Waals surface area contributed by atoms with Gasteiger partial charge >= 0.3 is 0 Å². The van der Waals surface area contributed by atoms with Gasteiger partial charge in [0.25, 0.3) is 0 Å². The second-order valence-electron chi connectivity index (χ2n) is 2.72. The Labute approximate surface area is 90.2 Å². The number of hydrogen-bond donors (Lipinski definition) is 1. The highest BCUT2D eigenvalue weighted by Gasteiger charge is 2.16. The van der Waals surface area contributed by atoms with E-state index in [0.717, 1.165) is 0 Å². The average Bonchev–Trinajstić information content (AvgIpc) is 2.08. The van der Waals surface area contributed by atoms with Gasteiger partial charge in [-0.15, -0.1) is 0 Å². The van der Waals surface area contributed by atoms with Crippen LogP contribution in [0, 0.1) is 0 Å². The zero-order chi connectivity index (χ0) is 10.0. The van der Waals surface area contributed by atoms with Crippen LogP contribution in [0.2, 0.25) is 5.02 Å². The summed E-state index contributed by atoms with van der Waals surface area (Å²) < 4.78 is 0. The molecule has 0 aliphatic carbocycles. The number of alkyl halides is 1. The summed E-state index contributed by atoms with van der Waals surface area (Å²) in [5.74, 6) is 0.00694. The lowest BCUT2D eigenvalue weighted by atomic mass is 10.1. The van der Waals surface area contributed by atoms with Crippen molar-refractivity contribution in [1.82, 2.24) is 0 Å². The monoisotopic (exact) mass is 261 g/mol. The molecular weight excluding hydrogens is 253 g/mol. The molecule has 0 spiro atoms. The van der Waals surface area contributed by atoms with Crippen molar-refractivity contribution in [3.8, 4) is 0 Å². The molecule has 13 heavy (non-hydrogen) atoms. The van der Waals surface area contributed by atoms with E-state index in [9.17, 15) is 4.79 Å². The fraction of sp³-hybridized carbons (Fsp3) is 0.222. The summed E-state index contributed by atoms with van der Waals surface area (Å²) >= 11 is 9.17. The van der Waals surface area contributed by atoms with E-state index in [0.29, 0.717) is 16.3 Å². The van der Waals surface area contributed by atoms with Gasteiger partial charge in [0.15, 0.2) is 0 Å². The van der Waals surface area contributed by atoms with E-state index < -0.39 is 0 Å². The Kier molecular flexibility index (Phi) is 3.33. The number of benzene rings is 1. The molecule has 0 amide bonds. The second-order valence-corrected chi connectivity index (χ2v) is 4.02. The van der Waals surface area contributed by atoms with E-state index in [1.807, 2.05) is 0 Å². The van der Waals surface area contributed by atoms with Crippen molar-refractivity contribution in [1.29, 1.82) is 0 Å². The first kappa shape index (κ1) is 10.5. The van der Waals surface area contributed by atoms with E-state index in [1.54, 1.807) is 18.2 Å². The second kappa shape index (κ2) is 4.11. The Morgan fingerprint density at radius 1 is 1.62 bits per heavy atom. The van der Waals surface area contributed by atoms with Crippen LogP contribution < -0.4 is 5.73 Å². The summed E-state index contributed by atoms with van der Waals surface area (Å²) in [6.07, 6.45) is 0. The lowest BCUT2D eigenvalue weighted by molar-refractivity contribution is -0.116. The first-order valence-corrected chi connectivity index (χ1v) is 5.02. The van der Waals surface area contributed by atoms with E-state index in [2.05, 4.69) is 15.9 Å². The number of ketones is 1. The number of anilines is 1. The zero-order valence-electron chi connectivity index (χ0n) is 7.05. The van der Waals surface area contributed by atoms with Crippen molar-refractivity contribution in [3.63, 3.8) is 0 Å². The van der Waals surface area contributed by atoms with Crippen molar-refractivity contribution < 1.29 is 4.79 Å². The Morgan fingerprint density at radius 2 is 2.23 bits per heavy atom. The van der Waals surface area contributed by atoms with Gasteiger partial charge in [0.1, 0.15) is 5.78 Å². The minimum atomic E-state index is -0.372. The van der Waals surface area contributed by atoms with Crippen LogP contribution in [-0.4, -0.2) is 5.78 Å². The third kappa shape index (κ3) is 2.23. The highest BCUT2D eigenvalue weighted by Crippen LogP contribution is 2.33. The number of nitrogens with two attached hydrogens (primary N) is 1. The zero-order valence-corrected chi connectivity index (χ0v) is 9.39. The molecule has 0 fully saturated rings. The summed E-state index contributed by atoms with van der Waals surface area (Å²) in [5.41, 5.74) is 6.80. The first-order valence-electron chi connectivity index (χ1n) is 3.72. The minimum Gasteiger partial charge on any atom is -0.398 e. The van der Waals surface area contributed by atoms with Gasteiger partial charge in [-0.1, -0.05) is 39.7 Å². The maximum atomic E-state index is 11.1. The van der Waals surface area contributed by atoms with Gasteiger partial charge in [-0.25, -0.2) is 0 Å². The molecule has 0 bridgehead atoms. The predicted molar refractivity (Wildman–Crippen MR) is 58.2 cm³/mol. The number of halogens is 2. The van der Waals surface area contributed by atoms with Gasteiger partial charge < -0.3 is 5.73 Å². The number of hydrogen-bond acceptors (Lipinski definition) is 2. The molecule has 4 heteroatoms. The largest absolute Gasteiger partial charge is 0.398 e. The fourth-order valence-electron chi connectivity index (χ4n) is 0.983. The first-order chi connectivity index (χ1) is 6.04. The van der Waals surface area contributed by atoms with Crippen LogP contribution in [0.1, 0.15) is 17.3 Å². The quantitative estimate of drug-likeness (QED) is 0.658. The van der Waals surface area contributed by atoms with Crippen LogP contribution in [0.4, 0.5) is 5.69 Å². The highest BCUT2D eigenvalue weighted by atomic mass is 79.9. The maximum absolute atomic E-state index is 11.1. The van der Waals surface area contributed by atoms with Gasteiger partial charge in [-0.2, -0.15) is 0 Å². The van der Waals surface area contributed by atoms with Crippen LogP contribution in [-0.2, 0) is 4.79 Å². The van der Waals surface area contributed by atoms with Crippen LogP contribution in [0.3, 0.4) is 0 Å². The molecule has 0 saturated heterocycles. The third-order valence-electron chi connectivity index (χ3n) is 1.69. The van der Waals surface area contributed by atoms with E-state index in [-0.39, 0.29) is 10.6 Å². The summed E-state index contributed by atoms with van der Waals surface area (Å²) in [7, 11) is 0. The third-order valence-corrected chi connectivity index (χ3v) is 3.26. The number of Topliss-reactive ketones (excluding diaryl/α,β-unsaturated/α-hetero) is 1. The molecule has 1 atom stereocenters. The summed E-state index contributed by atoms with van der Waals surface area (Å²) in [6.45, 7) is 1.50. The summed E-state index contributed by atoms with van der Waals surface area (Å²) in [6, 6.07) is 5.25.